The Hall–Kier alpha value is -16.5. The second-order valence-electron chi connectivity index (χ2n) is 34.2. The van der Waals surface area contributed by atoms with Crippen molar-refractivity contribution in [3.8, 4) is 17.5 Å². The minimum Gasteiger partial charge on any atom is -0.438 e. The highest BCUT2D eigenvalue weighted by molar-refractivity contribution is 7.31. The van der Waals surface area contributed by atoms with Crippen LogP contribution in [0.1, 0.15) is 0 Å². The Balaban J connectivity index is 0.000000108. The normalized spacial score (nSPS) is 12.0. The lowest BCUT2D eigenvalue weighted by molar-refractivity contribution is 0.656. The van der Waals surface area contributed by atoms with E-state index in [-0.39, 0.29) is 0 Å². The van der Waals surface area contributed by atoms with Crippen molar-refractivity contribution >= 4 is 237 Å². The Bertz CT molecular complexity index is 8520. The van der Waals surface area contributed by atoms with Crippen LogP contribution in [-0.2, 0) is 0 Å². The standard InChI is InChI=1S/C40H27N3OSi.2C40H27N3SSi/c1-3-13-28(14-4-1)45(29-15-5-2-6-16-29,37-23-11-19-33-34-20-12-26-41-40(34)44-39(33)37)30-24-25-38(42-27-30)43-35-21-9-7-17-31(35)32-18-8-10-22-36(32)43;1-3-14-28(15-4-1)45(29-16-5-2-6-17-29,36-24-11-20-32-33-21-13-27-41-40(33)44-39(32)36)38-26-12-25-37(42-38)43-34-22-9-7-18-30(34)31-19-8-10-23-35(31)43;1-3-13-28(14-4-1)45(29-15-5-2-6-16-29,37-23-11-19-33-34-20-12-26-41-40(34)44-39(33)37)30-24-25-38(42-27-30)43-35-21-9-7-17-31(35)32-18-8-10-22-36(32)43/h3*1-27H. The number of benzene rings is 15. The molecule has 0 fully saturated rings. The van der Waals surface area contributed by atoms with Crippen LogP contribution in [0.15, 0.2) is 496 Å². The van der Waals surface area contributed by atoms with Crippen LogP contribution < -0.4 is 62.4 Å². The highest BCUT2D eigenvalue weighted by atomic mass is 32.1. The first-order valence-corrected chi connectivity index (χ1v) is 53.1. The molecule has 10 nitrogen and oxygen atoms in total. The van der Waals surface area contributed by atoms with Crippen LogP contribution in [0, 0.1) is 0 Å². The van der Waals surface area contributed by atoms with Crippen molar-refractivity contribution in [2.45, 2.75) is 0 Å². The number of thiophene rings is 2. The highest BCUT2D eigenvalue weighted by Gasteiger charge is 2.48. The summed E-state index contributed by atoms with van der Waals surface area (Å²) in [5.74, 6) is 2.74. The summed E-state index contributed by atoms with van der Waals surface area (Å²) in [7, 11) is -8.72. The van der Waals surface area contributed by atoms with Gasteiger partial charge in [0.2, 0.25) is 13.8 Å². The summed E-state index contributed by atoms with van der Waals surface area (Å²) in [4.78, 5) is 32.5. The highest BCUT2D eigenvalue weighted by Crippen LogP contribution is 2.39. The van der Waals surface area contributed by atoms with E-state index in [1.807, 2.05) is 30.6 Å². The largest absolute Gasteiger partial charge is 0.438 e. The van der Waals surface area contributed by atoms with E-state index in [2.05, 4.69) is 474 Å². The molecule has 15 heteroatoms. The van der Waals surface area contributed by atoms with Crippen LogP contribution in [0.4, 0.5) is 0 Å². The zero-order valence-electron chi connectivity index (χ0n) is 73.0. The first kappa shape index (κ1) is 80.6. The van der Waals surface area contributed by atoms with Crippen LogP contribution in [0.5, 0.6) is 0 Å². The third kappa shape index (κ3) is 13.1. The van der Waals surface area contributed by atoms with E-state index >= 15 is 0 Å². The van der Waals surface area contributed by atoms with Gasteiger partial charge in [-0.25, -0.2) is 29.9 Å². The number of nitrogens with zero attached hydrogens (tertiary/aromatic N) is 9. The molecule has 0 bridgehead atoms. The van der Waals surface area contributed by atoms with Gasteiger partial charge in [0.05, 0.1) is 33.1 Å². The molecule has 0 unspecified atom stereocenters. The predicted octanol–water partition coefficient (Wildman–Crippen LogP) is 21.5. The lowest BCUT2D eigenvalue weighted by Crippen LogP contribution is -2.75. The Morgan fingerprint density at radius 2 is 0.496 bits per heavy atom. The number of fused-ring (bicyclic) bond motifs is 18. The molecule has 0 spiro atoms. The molecule has 0 aliphatic carbocycles. The summed E-state index contributed by atoms with van der Waals surface area (Å²) in [6, 6.07) is 166. The van der Waals surface area contributed by atoms with Crippen molar-refractivity contribution in [2.75, 3.05) is 0 Å². The molecule has 0 saturated heterocycles. The number of pyridine rings is 6. The molecule has 0 atom stereocenters. The van der Waals surface area contributed by atoms with Crippen LogP contribution >= 0.6 is 22.7 Å². The van der Waals surface area contributed by atoms with E-state index in [1.54, 1.807) is 28.9 Å². The number of hydrogen-bond acceptors (Lipinski definition) is 9. The lowest BCUT2D eigenvalue weighted by atomic mass is 10.2. The summed E-state index contributed by atoms with van der Waals surface area (Å²) < 4.78 is 16.1. The molecule has 0 radical (unpaired) electrons. The van der Waals surface area contributed by atoms with E-state index < -0.39 is 24.2 Å². The summed E-state index contributed by atoms with van der Waals surface area (Å²) >= 11 is 3.60. The summed E-state index contributed by atoms with van der Waals surface area (Å²) in [6.45, 7) is 0. The van der Waals surface area contributed by atoms with Gasteiger partial charge in [0.15, 0.2) is 16.1 Å². The molecule has 12 aromatic heterocycles. The molecule has 0 saturated carbocycles. The minimum atomic E-state index is -2.95. The first-order valence-electron chi connectivity index (χ1n) is 45.5. The van der Waals surface area contributed by atoms with Crippen molar-refractivity contribution in [2.24, 2.45) is 0 Å². The molecule has 0 aliphatic heterocycles. The molecular weight excluding hydrogens is 1730 g/mol. The van der Waals surface area contributed by atoms with Gasteiger partial charge in [-0.2, -0.15) is 0 Å². The van der Waals surface area contributed by atoms with Crippen molar-refractivity contribution in [1.82, 2.24) is 43.6 Å². The zero-order valence-corrected chi connectivity index (χ0v) is 77.6. The van der Waals surface area contributed by atoms with Gasteiger partial charge in [0, 0.05) is 110 Å². The number of aromatic nitrogens is 9. The second kappa shape index (κ2) is 33.7. The van der Waals surface area contributed by atoms with E-state index in [9.17, 15) is 0 Å². The molecule has 15 aromatic carbocycles. The molecular formula is C120H81N9OS2Si3. The maximum Gasteiger partial charge on any atom is 0.227 e. The van der Waals surface area contributed by atoms with Gasteiger partial charge >= 0.3 is 0 Å². The number of hydrogen-bond donors (Lipinski definition) is 0. The van der Waals surface area contributed by atoms with Gasteiger partial charge in [-0.1, -0.05) is 364 Å². The van der Waals surface area contributed by atoms with Crippen molar-refractivity contribution in [3.63, 3.8) is 0 Å². The SMILES string of the molecule is c1ccc([Si](c2ccccc2)(c2ccc(-n3c4ccccc4c4ccccc43)nc2)c2cccc3c2oc2ncccc23)cc1.c1ccc([Si](c2ccccc2)(c2ccc(-n3c4ccccc4c4ccccc43)nc2)c2cccc3c2sc2ncccc23)cc1.c1ccc([Si](c2ccccc2)(c2cccc(-n3c4ccccc4c4ccccc43)n2)c2cccc3c2sc2ncccc23)cc1. The fraction of sp³-hybridized carbons (Fsp3) is 0. The molecule has 0 aliphatic rings. The smallest absolute Gasteiger partial charge is 0.227 e. The molecule has 0 N–H and O–H groups in total. The fourth-order valence-electron chi connectivity index (χ4n) is 21.5. The Labute approximate surface area is 788 Å². The van der Waals surface area contributed by atoms with E-state index in [1.165, 1.54) is 120 Å². The minimum absolute atomic E-state index is 0.656. The molecule has 0 amide bonds. The van der Waals surface area contributed by atoms with Crippen LogP contribution in [0.3, 0.4) is 0 Å². The third-order valence-corrected chi connectivity index (χ3v) is 44.1. The number of para-hydroxylation sites is 7. The molecule has 636 valence electrons. The number of furan rings is 1. The Kier molecular flexibility index (Phi) is 20.1. The second-order valence-corrected chi connectivity index (χ2v) is 47.4. The predicted molar refractivity (Wildman–Crippen MR) is 573 cm³/mol. The van der Waals surface area contributed by atoms with Gasteiger partial charge in [0.1, 0.15) is 32.7 Å². The van der Waals surface area contributed by atoms with E-state index in [0.29, 0.717) is 5.71 Å². The van der Waals surface area contributed by atoms with Gasteiger partial charge in [-0.15, -0.1) is 22.7 Å². The van der Waals surface area contributed by atoms with Crippen molar-refractivity contribution in [1.29, 1.82) is 0 Å². The van der Waals surface area contributed by atoms with Crippen LogP contribution in [0.2, 0.25) is 0 Å². The third-order valence-electron chi connectivity index (χ3n) is 27.2. The van der Waals surface area contributed by atoms with Crippen molar-refractivity contribution in [3.05, 3.63) is 492 Å². The Morgan fingerprint density at radius 1 is 0.200 bits per heavy atom. The van der Waals surface area contributed by atoms with Gasteiger partial charge in [0.25, 0.3) is 0 Å². The lowest BCUT2D eigenvalue weighted by Gasteiger charge is -2.34. The summed E-state index contributed by atoms with van der Waals surface area (Å²) in [5.41, 5.74) is 8.48. The van der Waals surface area contributed by atoms with Gasteiger partial charge < -0.3 is 4.42 Å². The average Bonchev–Trinajstić information content (AvgIpc) is 1.71. The summed E-state index contributed by atoms with van der Waals surface area (Å²) in [5, 5.41) is 29.7. The van der Waals surface area contributed by atoms with Crippen LogP contribution in [0.25, 0.3) is 146 Å². The number of rotatable bonds is 15. The quantitative estimate of drug-likeness (QED) is 0.0743. The molecule has 135 heavy (non-hydrogen) atoms. The average molecular weight is 1810 g/mol. The van der Waals surface area contributed by atoms with Crippen molar-refractivity contribution < 1.29 is 4.42 Å². The van der Waals surface area contributed by atoms with E-state index in [4.69, 9.17) is 29.3 Å². The maximum absolute atomic E-state index is 6.63. The maximum atomic E-state index is 6.63. The topological polar surface area (TPSA) is 105 Å². The summed E-state index contributed by atoms with van der Waals surface area (Å²) in [6.07, 6.45) is 9.84. The fourth-order valence-corrected chi connectivity index (χ4v) is 39.0. The monoisotopic (exact) mass is 1810 g/mol. The Morgan fingerprint density at radius 3 is 0.874 bits per heavy atom. The molecule has 27 rings (SSSR count). The van der Waals surface area contributed by atoms with E-state index in [0.717, 1.165) is 81.9 Å². The van der Waals surface area contributed by atoms with Gasteiger partial charge in [-0.3, -0.25) is 13.7 Å². The zero-order chi connectivity index (χ0) is 89.4. The molecule has 27 aromatic rings. The first-order chi connectivity index (χ1) is 67.0. The van der Waals surface area contributed by atoms with Crippen LogP contribution in [-0.4, -0.2) is 67.8 Å². The molecule has 12 heterocycles. The van der Waals surface area contributed by atoms with Gasteiger partial charge in [-0.05, 0) is 154 Å².